The summed E-state index contributed by atoms with van der Waals surface area (Å²) in [6.45, 7) is 8.78. The topological polar surface area (TPSA) is 73.4 Å². The van der Waals surface area contributed by atoms with Crippen molar-refractivity contribution in [1.29, 1.82) is 0 Å². The second-order valence-corrected chi connectivity index (χ2v) is 4.97. The van der Waals surface area contributed by atoms with Crippen LogP contribution in [0, 0.1) is 0 Å². The molecule has 0 aliphatic carbocycles. The summed E-state index contributed by atoms with van der Waals surface area (Å²) in [6, 6.07) is 3.49. The van der Waals surface area contributed by atoms with E-state index in [1.807, 2.05) is 6.07 Å². The molecule has 5 nitrogen and oxygen atoms in total. The van der Waals surface area contributed by atoms with Crippen LogP contribution >= 0.6 is 17.0 Å². The highest BCUT2D eigenvalue weighted by molar-refractivity contribution is 8.93. The van der Waals surface area contributed by atoms with Gasteiger partial charge in [-0.05, 0) is 17.2 Å². The maximum Gasteiger partial charge on any atom is 0.228 e. The summed E-state index contributed by atoms with van der Waals surface area (Å²) in [6.07, 6.45) is 4.67. The number of hydrogen-bond donors (Lipinski definition) is 4. The number of anilines is 1. The predicted octanol–water partition coefficient (Wildman–Crippen LogP) is 1.88. The molecule has 2 rings (SSSR count). The zero-order chi connectivity index (χ0) is 15.2. The molecule has 0 unspecified atom stereocenters. The van der Waals surface area contributed by atoms with E-state index in [4.69, 9.17) is 0 Å². The Morgan fingerprint density at radius 3 is 2.50 bits per heavy atom. The van der Waals surface area contributed by atoms with Gasteiger partial charge in [-0.2, -0.15) is 0 Å². The minimum absolute atomic E-state index is 0. The molecule has 120 valence electrons. The van der Waals surface area contributed by atoms with Crippen molar-refractivity contribution < 1.29 is 9.90 Å². The summed E-state index contributed by atoms with van der Waals surface area (Å²) < 4.78 is 0. The van der Waals surface area contributed by atoms with E-state index in [0.717, 1.165) is 11.1 Å². The van der Waals surface area contributed by atoms with Crippen LogP contribution in [0.4, 0.5) is 5.69 Å². The Balaban J connectivity index is 0.00000242. The molecule has 1 aliphatic heterocycles. The zero-order valence-corrected chi connectivity index (χ0v) is 14.1. The van der Waals surface area contributed by atoms with Crippen molar-refractivity contribution in [3.8, 4) is 5.75 Å². The number of halogens is 1. The van der Waals surface area contributed by atoms with E-state index >= 15 is 0 Å². The SMILES string of the molecule is Br.C=CCNC(Cc1ccc(O)c2c1CC(=O)N2)NCC=C. The number of nitrogens with one attached hydrogen (secondary N) is 3. The molecule has 0 fully saturated rings. The van der Waals surface area contributed by atoms with Gasteiger partial charge in [-0.15, -0.1) is 30.1 Å². The van der Waals surface area contributed by atoms with Crippen molar-refractivity contribution >= 4 is 28.6 Å². The quantitative estimate of drug-likeness (QED) is 0.321. The lowest BCUT2D eigenvalue weighted by atomic mass is 10.00. The fraction of sp³-hybridized carbons (Fsp3) is 0.312. The number of amides is 1. The Bertz CT molecular complexity index is 549. The van der Waals surface area contributed by atoms with Gasteiger partial charge in [-0.1, -0.05) is 18.2 Å². The third-order valence-electron chi connectivity index (χ3n) is 3.43. The van der Waals surface area contributed by atoms with E-state index in [9.17, 15) is 9.90 Å². The highest BCUT2D eigenvalue weighted by Crippen LogP contribution is 2.35. The summed E-state index contributed by atoms with van der Waals surface area (Å²) in [4.78, 5) is 11.6. The van der Waals surface area contributed by atoms with Crippen molar-refractivity contribution in [2.75, 3.05) is 18.4 Å². The first-order valence-electron chi connectivity index (χ1n) is 6.97. The van der Waals surface area contributed by atoms with Crippen LogP contribution in [0.3, 0.4) is 0 Å². The molecule has 22 heavy (non-hydrogen) atoms. The number of phenolic OH excluding ortho intramolecular Hbond substituents is 1. The maximum absolute atomic E-state index is 11.6. The molecule has 0 saturated carbocycles. The van der Waals surface area contributed by atoms with Crippen LogP contribution < -0.4 is 16.0 Å². The van der Waals surface area contributed by atoms with Crippen LogP contribution in [0.2, 0.25) is 0 Å². The van der Waals surface area contributed by atoms with Gasteiger partial charge in [0.15, 0.2) is 0 Å². The van der Waals surface area contributed by atoms with Gasteiger partial charge in [-0.3, -0.25) is 15.4 Å². The predicted molar refractivity (Wildman–Crippen MR) is 94.7 cm³/mol. The van der Waals surface area contributed by atoms with Crippen molar-refractivity contribution in [2.24, 2.45) is 0 Å². The first-order chi connectivity index (χ1) is 10.2. The Morgan fingerprint density at radius 2 is 1.91 bits per heavy atom. The first-order valence-corrected chi connectivity index (χ1v) is 6.97. The number of carbonyl (C=O) groups excluding carboxylic acids is 1. The minimum atomic E-state index is -0.0811. The van der Waals surface area contributed by atoms with Gasteiger partial charge < -0.3 is 10.4 Å². The number of aromatic hydroxyl groups is 1. The van der Waals surface area contributed by atoms with Crippen LogP contribution in [0.15, 0.2) is 37.4 Å². The maximum atomic E-state index is 11.6. The minimum Gasteiger partial charge on any atom is -0.506 e. The molecule has 0 atom stereocenters. The van der Waals surface area contributed by atoms with E-state index < -0.39 is 0 Å². The molecule has 0 aromatic heterocycles. The molecule has 1 aromatic rings. The monoisotopic (exact) mass is 367 g/mol. The fourth-order valence-corrected chi connectivity index (χ4v) is 2.44. The molecular formula is C16H22BrN3O2. The number of phenols is 1. The molecule has 1 amide bonds. The molecule has 1 aromatic carbocycles. The lowest BCUT2D eigenvalue weighted by Gasteiger charge is -2.20. The van der Waals surface area contributed by atoms with E-state index in [-0.39, 0.29) is 34.8 Å². The number of carbonyl (C=O) groups is 1. The molecular weight excluding hydrogens is 346 g/mol. The normalized spacial score (nSPS) is 12.5. The lowest BCUT2D eigenvalue weighted by Crippen LogP contribution is -2.44. The third-order valence-corrected chi connectivity index (χ3v) is 3.43. The van der Waals surface area contributed by atoms with Crippen molar-refractivity contribution in [3.05, 3.63) is 48.6 Å². The number of hydrogen-bond acceptors (Lipinski definition) is 4. The van der Waals surface area contributed by atoms with Gasteiger partial charge in [0.25, 0.3) is 0 Å². The number of rotatable bonds is 8. The Hall–Kier alpha value is -1.63. The molecule has 6 heteroatoms. The molecule has 0 radical (unpaired) electrons. The first kappa shape index (κ1) is 18.4. The molecule has 0 spiro atoms. The van der Waals surface area contributed by atoms with Crippen LogP contribution in [0.1, 0.15) is 11.1 Å². The largest absolute Gasteiger partial charge is 0.506 e. The van der Waals surface area contributed by atoms with E-state index in [2.05, 4.69) is 29.1 Å². The van der Waals surface area contributed by atoms with Crippen LogP contribution in [0.5, 0.6) is 5.75 Å². The van der Waals surface area contributed by atoms with Crippen LogP contribution in [-0.4, -0.2) is 30.3 Å². The molecule has 1 heterocycles. The second kappa shape index (κ2) is 8.73. The average molecular weight is 368 g/mol. The summed E-state index contributed by atoms with van der Waals surface area (Å²) >= 11 is 0. The summed E-state index contributed by atoms with van der Waals surface area (Å²) in [5.74, 6) is 0.0386. The van der Waals surface area contributed by atoms with Gasteiger partial charge in [-0.25, -0.2) is 0 Å². The molecule has 0 saturated heterocycles. The zero-order valence-electron chi connectivity index (χ0n) is 12.4. The van der Waals surface area contributed by atoms with Crippen LogP contribution in [0.25, 0.3) is 0 Å². The summed E-state index contributed by atoms with van der Waals surface area (Å²) in [5.41, 5.74) is 2.47. The van der Waals surface area contributed by atoms with Gasteiger partial charge in [0, 0.05) is 19.5 Å². The fourth-order valence-electron chi connectivity index (χ4n) is 2.44. The third kappa shape index (κ3) is 4.43. The standard InChI is InChI=1S/C16H21N3O2.BrH/c1-3-7-17-14(18-8-4-2)9-11-5-6-13(20)16-12(11)10-15(21)19-16;/h3-6,14,17-18,20H,1-2,7-10H2,(H,19,21);1H. The smallest absolute Gasteiger partial charge is 0.228 e. The van der Waals surface area contributed by atoms with E-state index in [1.54, 1.807) is 18.2 Å². The van der Waals surface area contributed by atoms with Gasteiger partial charge in [0.05, 0.1) is 18.3 Å². The van der Waals surface area contributed by atoms with Crippen LogP contribution in [-0.2, 0) is 17.6 Å². The number of benzene rings is 1. The van der Waals surface area contributed by atoms with E-state index in [0.29, 0.717) is 31.6 Å². The van der Waals surface area contributed by atoms with Crippen molar-refractivity contribution in [1.82, 2.24) is 10.6 Å². The molecule has 1 aliphatic rings. The number of fused-ring (bicyclic) bond motifs is 1. The molecule has 4 N–H and O–H groups in total. The Morgan fingerprint density at radius 1 is 1.27 bits per heavy atom. The highest BCUT2D eigenvalue weighted by atomic mass is 79.9. The highest BCUT2D eigenvalue weighted by Gasteiger charge is 2.24. The van der Waals surface area contributed by atoms with Crippen molar-refractivity contribution in [3.63, 3.8) is 0 Å². The average Bonchev–Trinajstić information content (AvgIpc) is 2.87. The van der Waals surface area contributed by atoms with Gasteiger partial charge in [0.1, 0.15) is 5.75 Å². The second-order valence-electron chi connectivity index (χ2n) is 4.97. The van der Waals surface area contributed by atoms with Crippen molar-refractivity contribution in [2.45, 2.75) is 19.0 Å². The Labute approximate surface area is 141 Å². The summed E-state index contributed by atoms with van der Waals surface area (Å²) in [5, 5.41) is 19.2. The van der Waals surface area contributed by atoms with Gasteiger partial charge in [0.2, 0.25) is 5.91 Å². The Kier molecular flexibility index (Phi) is 7.31. The molecule has 0 bridgehead atoms. The van der Waals surface area contributed by atoms with E-state index in [1.165, 1.54) is 0 Å². The summed E-state index contributed by atoms with van der Waals surface area (Å²) in [7, 11) is 0. The van der Waals surface area contributed by atoms with Gasteiger partial charge >= 0.3 is 0 Å². The lowest BCUT2D eigenvalue weighted by molar-refractivity contribution is -0.115.